The fraction of sp³-hybridized carbons (Fsp3) is 0.250. The topological polar surface area (TPSA) is 43.8 Å². The second-order valence-corrected chi connectivity index (χ2v) is 4.36. The van der Waals surface area contributed by atoms with E-state index < -0.39 is 0 Å². The molecule has 4 heteroatoms. The number of benzene rings is 1. The van der Waals surface area contributed by atoms with E-state index in [2.05, 4.69) is 5.10 Å². The van der Waals surface area contributed by atoms with E-state index in [9.17, 15) is 0 Å². The molecular weight excluding hydrogens is 222 g/mol. The van der Waals surface area contributed by atoms with Crippen LogP contribution >= 0.6 is 11.6 Å². The van der Waals surface area contributed by atoms with Gasteiger partial charge in [-0.25, -0.2) is 0 Å². The lowest BCUT2D eigenvalue weighted by atomic mass is 10.0. The van der Waals surface area contributed by atoms with E-state index in [0.29, 0.717) is 5.02 Å². The van der Waals surface area contributed by atoms with Crippen LogP contribution in [0.5, 0.6) is 0 Å². The van der Waals surface area contributed by atoms with Gasteiger partial charge in [0.25, 0.3) is 0 Å². The smallest absolute Gasteiger partial charge is 0.0597 e. The normalized spacial score (nSPS) is 12.8. The number of aryl methyl sites for hydroxylation is 2. The lowest BCUT2D eigenvalue weighted by Gasteiger charge is -2.12. The summed E-state index contributed by atoms with van der Waals surface area (Å²) in [6.07, 6.45) is 3.67. The van der Waals surface area contributed by atoms with Gasteiger partial charge in [-0.2, -0.15) is 5.10 Å². The highest BCUT2D eigenvalue weighted by molar-refractivity contribution is 6.31. The van der Waals surface area contributed by atoms with E-state index in [0.717, 1.165) is 16.7 Å². The Morgan fingerprint density at radius 2 is 2.19 bits per heavy atom. The molecule has 0 amide bonds. The first kappa shape index (κ1) is 11.2. The summed E-state index contributed by atoms with van der Waals surface area (Å²) in [5, 5.41) is 4.81. The molecule has 2 aromatic rings. The molecule has 0 bridgehead atoms. The zero-order chi connectivity index (χ0) is 11.7. The number of nitrogens with two attached hydrogens (primary N) is 1. The predicted octanol–water partition coefficient (Wildman–Crippen LogP) is 2.43. The van der Waals surface area contributed by atoms with E-state index in [4.69, 9.17) is 17.3 Å². The quantitative estimate of drug-likeness (QED) is 0.869. The van der Waals surface area contributed by atoms with Gasteiger partial charge in [-0.05, 0) is 24.1 Å². The van der Waals surface area contributed by atoms with Gasteiger partial charge in [-0.1, -0.05) is 23.7 Å². The molecule has 0 saturated carbocycles. The third-order valence-corrected chi connectivity index (χ3v) is 2.90. The molecule has 0 fully saturated rings. The molecule has 0 aliphatic carbocycles. The fourth-order valence-corrected chi connectivity index (χ4v) is 2.02. The molecule has 0 spiro atoms. The SMILES string of the molecule is Cc1ccc(C(N)c2cnn(C)c2)c(Cl)c1. The molecule has 0 aliphatic heterocycles. The standard InChI is InChI=1S/C12H14ClN3/c1-8-3-4-10(11(13)5-8)12(14)9-6-15-16(2)7-9/h3-7,12H,14H2,1-2H3. The highest BCUT2D eigenvalue weighted by atomic mass is 35.5. The first-order valence-corrected chi connectivity index (χ1v) is 5.46. The highest BCUT2D eigenvalue weighted by Crippen LogP contribution is 2.26. The molecule has 1 aromatic heterocycles. The van der Waals surface area contributed by atoms with Crippen molar-refractivity contribution in [3.8, 4) is 0 Å². The highest BCUT2D eigenvalue weighted by Gasteiger charge is 2.13. The third-order valence-electron chi connectivity index (χ3n) is 2.57. The number of aromatic nitrogens is 2. The largest absolute Gasteiger partial charge is 0.320 e. The minimum Gasteiger partial charge on any atom is -0.320 e. The maximum absolute atomic E-state index is 6.17. The van der Waals surface area contributed by atoms with Gasteiger partial charge in [-0.3, -0.25) is 4.68 Å². The Hall–Kier alpha value is -1.32. The van der Waals surface area contributed by atoms with Crippen molar-refractivity contribution >= 4 is 11.6 Å². The van der Waals surface area contributed by atoms with Crippen molar-refractivity contribution < 1.29 is 0 Å². The molecule has 84 valence electrons. The van der Waals surface area contributed by atoms with Crippen LogP contribution in [0.3, 0.4) is 0 Å². The van der Waals surface area contributed by atoms with Crippen LogP contribution in [-0.4, -0.2) is 9.78 Å². The Labute approximate surface area is 99.8 Å². The molecule has 1 aromatic carbocycles. The summed E-state index contributed by atoms with van der Waals surface area (Å²) in [5.74, 6) is 0. The number of halogens is 1. The molecule has 0 aliphatic rings. The number of hydrogen-bond acceptors (Lipinski definition) is 2. The van der Waals surface area contributed by atoms with Crippen LogP contribution in [0.2, 0.25) is 5.02 Å². The molecule has 0 radical (unpaired) electrons. The van der Waals surface area contributed by atoms with Crippen LogP contribution in [0.4, 0.5) is 0 Å². The number of rotatable bonds is 2. The summed E-state index contributed by atoms with van der Waals surface area (Å²) in [5.41, 5.74) is 9.17. The molecule has 16 heavy (non-hydrogen) atoms. The van der Waals surface area contributed by atoms with Crippen LogP contribution in [0.25, 0.3) is 0 Å². The van der Waals surface area contributed by atoms with E-state index in [1.807, 2.05) is 38.4 Å². The summed E-state index contributed by atoms with van der Waals surface area (Å²) in [7, 11) is 1.87. The van der Waals surface area contributed by atoms with E-state index in [1.54, 1.807) is 10.9 Å². The fourth-order valence-electron chi connectivity index (χ4n) is 1.66. The van der Waals surface area contributed by atoms with Gasteiger partial charge in [0.05, 0.1) is 12.2 Å². The second kappa shape index (κ2) is 4.28. The van der Waals surface area contributed by atoms with Crippen molar-refractivity contribution in [2.45, 2.75) is 13.0 Å². The van der Waals surface area contributed by atoms with Crippen LogP contribution < -0.4 is 5.73 Å². The summed E-state index contributed by atoms with van der Waals surface area (Å²) < 4.78 is 1.73. The zero-order valence-corrected chi connectivity index (χ0v) is 10.1. The van der Waals surface area contributed by atoms with Gasteiger partial charge in [0.15, 0.2) is 0 Å². The summed E-state index contributed by atoms with van der Waals surface area (Å²) in [6.45, 7) is 2.01. The second-order valence-electron chi connectivity index (χ2n) is 3.95. The van der Waals surface area contributed by atoms with Crippen molar-refractivity contribution in [1.29, 1.82) is 0 Å². The molecule has 1 atom stereocenters. The van der Waals surface area contributed by atoms with E-state index >= 15 is 0 Å². The van der Waals surface area contributed by atoms with Crippen molar-refractivity contribution in [3.05, 3.63) is 52.3 Å². The Kier molecular flexibility index (Phi) is 2.99. The van der Waals surface area contributed by atoms with Crippen LogP contribution in [0.15, 0.2) is 30.6 Å². The molecule has 2 N–H and O–H groups in total. The maximum atomic E-state index is 6.17. The average molecular weight is 236 g/mol. The summed E-state index contributed by atoms with van der Waals surface area (Å²) in [6, 6.07) is 5.68. The summed E-state index contributed by atoms with van der Waals surface area (Å²) in [4.78, 5) is 0. The van der Waals surface area contributed by atoms with Crippen molar-refractivity contribution in [2.75, 3.05) is 0 Å². The molecular formula is C12H14ClN3. The Balaban J connectivity index is 2.37. The molecule has 1 unspecified atom stereocenters. The Morgan fingerprint density at radius 3 is 2.75 bits per heavy atom. The molecule has 1 heterocycles. The van der Waals surface area contributed by atoms with Crippen molar-refractivity contribution in [3.63, 3.8) is 0 Å². The van der Waals surface area contributed by atoms with Gasteiger partial charge in [0, 0.05) is 23.8 Å². The number of nitrogens with zero attached hydrogens (tertiary/aromatic N) is 2. The van der Waals surface area contributed by atoms with Gasteiger partial charge in [0.1, 0.15) is 0 Å². The lowest BCUT2D eigenvalue weighted by Crippen LogP contribution is -2.11. The van der Waals surface area contributed by atoms with Crippen LogP contribution in [0.1, 0.15) is 22.7 Å². The van der Waals surface area contributed by atoms with Gasteiger partial charge < -0.3 is 5.73 Å². The average Bonchev–Trinajstić information content (AvgIpc) is 2.64. The number of hydrogen-bond donors (Lipinski definition) is 1. The zero-order valence-electron chi connectivity index (χ0n) is 9.31. The van der Waals surface area contributed by atoms with Crippen molar-refractivity contribution in [2.24, 2.45) is 12.8 Å². The molecule has 0 saturated heterocycles. The Bertz CT molecular complexity index is 505. The van der Waals surface area contributed by atoms with Gasteiger partial charge in [0.2, 0.25) is 0 Å². The first-order valence-electron chi connectivity index (χ1n) is 5.08. The first-order chi connectivity index (χ1) is 7.58. The third kappa shape index (κ3) is 2.10. The molecule has 3 nitrogen and oxygen atoms in total. The molecule has 2 rings (SSSR count). The van der Waals surface area contributed by atoms with E-state index in [-0.39, 0.29) is 6.04 Å². The van der Waals surface area contributed by atoms with Crippen LogP contribution in [-0.2, 0) is 7.05 Å². The van der Waals surface area contributed by atoms with Gasteiger partial charge >= 0.3 is 0 Å². The minimum absolute atomic E-state index is 0.221. The van der Waals surface area contributed by atoms with Crippen LogP contribution in [0, 0.1) is 6.92 Å². The Morgan fingerprint density at radius 1 is 1.44 bits per heavy atom. The van der Waals surface area contributed by atoms with Gasteiger partial charge in [-0.15, -0.1) is 0 Å². The van der Waals surface area contributed by atoms with E-state index in [1.165, 1.54) is 0 Å². The lowest BCUT2D eigenvalue weighted by molar-refractivity contribution is 0.765. The predicted molar refractivity (Wildman–Crippen MR) is 65.4 cm³/mol. The maximum Gasteiger partial charge on any atom is 0.0597 e. The van der Waals surface area contributed by atoms with Crippen molar-refractivity contribution in [1.82, 2.24) is 9.78 Å². The monoisotopic (exact) mass is 235 g/mol. The minimum atomic E-state index is -0.221. The summed E-state index contributed by atoms with van der Waals surface area (Å²) >= 11 is 6.17.